The molecule has 2 aromatic carbocycles. The first-order valence-corrected chi connectivity index (χ1v) is 8.89. The highest BCUT2D eigenvalue weighted by Crippen LogP contribution is 2.35. The molecule has 7 heteroatoms. The number of benzene rings is 2. The summed E-state index contributed by atoms with van der Waals surface area (Å²) >= 11 is 4.97. The Balaban J connectivity index is 0.000000405. The van der Waals surface area contributed by atoms with E-state index in [4.69, 9.17) is 0 Å². The SMILES string of the molecule is CC.CSc1ccccc1C(F)(F)F.Fc1cc(F)cc(CS)c1. The summed E-state index contributed by atoms with van der Waals surface area (Å²) in [5, 5.41) is 0. The second-order valence-corrected chi connectivity index (χ2v) is 5.30. The second kappa shape index (κ2) is 11.4. The number of thioether (sulfide) groups is 1. The molecule has 2 rings (SSSR count). The number of alkyl halides is 3. The van der Waals surface area contributed by atoms with Crippen molar-refractivity contribution in [3.8, 4) is 0 Å². The summed E-state index contributed by atoms with van der Waals surface area (Å²) in [6.07, 6.45) is -2.61. The first-order chi connectivity index (χ1) is 11.3. The molecule has 0 nitrogen and oxygen atoms in total. The fourth-order valence-electron chi connectivity index (χ4n) is 1.58. The third kappa shape index (κ3) is 8.06. The van der Waals surface area contributed by atoms with Gasteiger partial charge in [0.15, 0.2) is 0 Å². The molecular weight excluding hydrogens is 363 g/mol. The van der Waals surface area contributed by atoms with Gasteiger partial charge in [0.25, 0.3) is 0 Å². The molecule has 0 radical (unpaired) electrons. The van der Waals surface area contributed by atoms with Crippen molar-refractivity contribution in [2.75, 3.05) is 6.26 Å². The number of thiol groups is 1. The van der Waals surface area contributed by atoms with Crippen molar-refractivity contribution < 1.29 is 22.0 Å². The fourth-order valence-corrected chi connectivity index (χ4v) is 2.38. The summed E-state index contributed by atoms with van der Waals surface area (Å²) in [6, 6.07) is 8.90. The van der Waals surface area contributed by atoms with Gasteiger partial charge in [-0.15, -0.1) is 11.8 Å². The molecular formula is C17H19F5S2. The van der Waals surface area contributed by atoms with Gasteiger partial charge in [-0.1, -0.05) is 26.0 Å². The molecule has 0 aliphatic heterocycles. The van der Waals surface area contributed by atoms with Crippen molar-refractivity contribution >= 4 is 24.4 Å². The van der Waals surface area contributed by atoms with Crippen LogP contribution in [0.3, 0.4) is 0 Å². The molecule has 0 spiro atoms. The summed E-state index contributed by atoms with van der Waals surface area (Å²) in [5.41, 5.74) is -0.00154. The molecule has 0 N–H and O–H groups in total. The highest BCUT2D eigenvalue weighted by atomic mass is 32.2. The average Bonchev–Trinajstić information content (AvgIpc) is 2.55. The monoisotopic (exact) mass is 382 g/mol. The van der Waals surface area contributed by atoms with Crippen LogP contribution in [0.4, 0.5) is 22.0 Å². The molecule has 0 heterocycles. The van der Waals surface area contributed by atoms with Gasteiger partial charge in [-0.3, -0.25) is 0 Å². The van der Waals surface area contributed by atoms with E-state index in [9.17, 15) is 22.0 Å². The van der Waals surface area contributed by atoms with E-state index in [-0.39, 0.29) is 4.90 Å². The van der Waals surface area contributed by atoms with E-state index in [2.05, 4.69) is 12.6 Å². The summed E-state index contributed by atoms with van der Waals surface area (Å²) in [5.74, 6) is -0.748. The van der Waals surface area contributed by atoms with Crippen LogP contribution in [0, 0.1) is 11.6 Å². The van der Waals surface area contributed by atoms with Crippen molar-refractivity contribution in [3.63, 3.8) is 0 Å². The normalized spacial score (nSPS) is 10.2. The lowest BCUT2D eigenvalue weighted by Gasteiger charge is -2.09. The fraction of sp³-hybridized carbons (Fsp3) is 0.294. The van der Waals surface area contributed by atoms with Gasteiger partial charge in [-0.2, -0.15) is 25.8 Å². The van der Waals surface area contributed by atoms with Crippen LogP contribution in [-0.2, 0) is 11.9 Å². The first-order valence-electron chi connectivity index (χ1n) is 7.04. The smallest absolute Gasteiger partial charge is 0.207 e. The first kappa shape index (κ1) is 22.8. The van der Waals surface area contributed by atoms with E-state index in [0.29, 0.717) is 11.3 Å². The van der Waals surface area contributed by atoms with Crippen LogP contribution in [0.15, 0.2) is 47.4 Å². The van der Waals surface area contributed by atoms with E-state index < -0.39 is 23.4 Å². The number of hydrogen-bond acceptors (Lipinski definition) is 2. The maximum absolute atomic E-state index is 12.3. The molecule has 0 amide bonds. The molecule has 0 saturated carbocycles. The molecule has 2 aromatic rings. The Labute approximate surface area is 148 Å². The predicted molar refractivity (Wildman–Crippen MR) is 93.6 cm³/mol. The third-order valence-electron chi connectivity index (χ3n) is 2.52. The lowest BCUT2D eigenvalue weighted by atomic mass is 10.2. The molecule has 24 heavy (non-hydrogen) atoms. The Morgan fingerprint density at radius 1 is 0.958 bits per heavy atom. The Hall–Kier alpha value is -1.21. The van der Waals surface area contributed by atoms with Gasteiger partial charge in [0.05, 0.1) is 5.56 Å². The summed E-state index contributed by atoms with van der Waals surface area (Å²) < 4.78 is 61.3. The van der Waals surface area contributed by atoms with Crippen LogP contribution in [-0.4, -0.2) is 6.26 Å². The van der Waals surface area contributed by atoms with Crippen LogP contribution in [0.5, 0.6) is 0 Å². The van der Waals surface area contributed by atoms with Crippen molar-refractivity contribution in [2.45, 2.75) is 30.7 Å². The highest BCUT2D eigenvalue weighted by Gasteiger charge is 2.32. The van der Waals surface area contributed by atoms with Gasteiger partial charge >= 0.3 is 6.18 Å². The summed E-state index contributed by atoms with van der Waals surface area (Å²) in [4.78, 5) is 0.269. The van der Waals surface area contributed by atoms with Crippen LogP contribution in [0.1, 0.15) is 25.0 Å². The number of rotatable bonds is 2. The van der Waals surface area contributed by atoms with Crippen molar-refractivity contribution in [2.24, 2.45) is 0 Å². The molecule has 0 aliphatic carbocycles. The van der Waals surface area contributed by atoms with Crippen LogP contribution < -0.4 is 0 Å². The quantitative estimate of drug-likeness (QED) is 0.337. The van der Waals surface area contributed by atoms with Gasteiger partial charge in [-0.25, -0.2) is 8.78 Å². The van der Waals surface area contributed by atoms with Crippen LogP contribution in [0.2, 0.25) is 0 Å². The average molecular weight is 382 g/mol. The van der Waals surface area contributed by atoms with E-state index in [0.717, 1.165) is 23.9 Å². The Morgan fingerprint density at radius 2 is 1.46 bits per heavy atom. The molecule has 0 bridgehead atoms. The van der Waals surface area contributed by atoms with E-state index in [1.54, 1.807) is 12.3 Å². The molecule has 0 fully saturated rings. The molecule has 0 aromatic heterocycles. The maximum atomic E-state index is 12.3. The maximum Gasteiger partial charge on any atom is 0.417 e. The Kier molecular flexibility index (Phi) is 10.8. The second-order valence-electron chi connectivity index (χ2n) is 4.13. The van der Waals surface area contributed by atoms with Gasteiger partial charge < -0.3 is 0 Å². The van der Waals surface area contributed by atoms with Gasteiger partial charge in [-0.05, 0) is 36.1 Å². The molecule has 0 atom stereocenters. The molecule has 0 unspecified atom stereocenters. The molecule has 134 valence electrons. The topological polar surface area (TPSA) is 0 Å². The molecule has 0 aliphatic rings. The number of halogens is 5. The van der Waals surface area contributed by atoms with E-state index >= 15 is 0 Å². The zero-order valence-corrected chi connectivity index (χ0v) is 15.2. The lowest BCUT2D eigenvalue weighted by Crippen LogP contribution is -2.05. The van der Waals surface area contributed by atoms with Crippen molar-refractivity contribution in [1.29, 1.82) is 0 Å². The minimum absolute atomic E-state index is 0.269. The lowest BCUT2D eigenvalue weighted by molar-refractivity contribution is -0.139. The predicted octanol–water partition coefficient (Wildman–Crippen LogP) is 6.85. The van der Waals surface area contributed by atoms with E-state index in [1.165, 1.54) is 24.3 Å². The zero-order chi connectivity index (χ0) is 18.8. The summed E-state index contributed by atoms with van der Waals surface area (Å²) in [6.45, 7) is 4.00. The number of hydrogen-bond donors (Lipinski definition) is 1. The van der Waals surface area contributed by atoms with Gasteiger partial charge in [0, 0.05) is 16.7 Å². The summed E-state index contributed by atoms with van der Waals surface area (Å²) in [7, 11) is 0. The zero-order valence-electron chi connectivity index (χ0n) is 13.5. The highest BCUT2D eigenvalue weighted by molar-refractivity contribution is 7.98. The standard InChI is InChI=1S/C8H7F3S.C7H6F2S.C2H6/c1-12-7-5-3-2-4-6(7)8(9,10)11;8-6-1-5(4-10)2-7(9)3-6;1-2/h2-5H,1H3;1-3,10H,4H2;1-2H3. The van der Waals surface area contributed by atoms with Gasteiger partial charge in [0.2, 0.25) is 0 Å². The van der Waals surface area contributed by atoms with Crippen LogP contribution >= 0.6 is 24.4 Å². The van der Waals surface area contributed by atoms with Gasteiger partial charge in [0.1, 0.15) is 11.6 Å². The van der Waals surface area contributed by atoms with Crippen molar-refractivity contribution in [1.82, 2.24) is 0 Å². The largest absolute Gasteiger partial charge is 0.417 e. The molecule has 0 saturated heterocycles. The minimum Gasteiger partial charge on any atom is -0.207 e. The Morgan fingerprint density at radius 3 is 1.83 bits per heavy atom. The third-order valence-corrected chi connectivity index (χ3v) is 3.68. The van der Waals surface area contributed by atoms with Crippen LogP contribution in [0.25, 0.3) is 0 Å². The van der Waals surface area contributed by atoms with Crippen molar-refractivity contribution in [3.05, 3.63) is 65.2 Å². The van der Waals surface area contributed by atoms with E-state index in [1.807, 2.05) is 13.8 Å². The minimum atomic E-state index is -4.24. The Bertz CT molecular complexity index is 592.